The summed E-state index contributed by atoms with van der Waals surface area (Å²) in [6, 6.07) is 5.41. The molecule has 0 spiro atoms. The first kappa shape index (κ1) is 29.0. The molecule has 9 heteroatoms. The van der Waals surface area contributed by atoms with Gasteiger partial charge in [-0.1, -0.05) is 49.3 Å². The highest BCUT2D eigenvalue weighted by atomic mass is 19.4. The molecule has 1 aromatic rings. The van der Waals surface area contributed by atoms with Crippen LogP contribution in [0.4, 0.5) is 18.0 Å². The smallest absolute Gasteiger partial charge is 0.450 e. The third kappa shape index (κ3) is 5.15. The van der Waals surface area contributed by atoms with Crippen LogP contribution in [0.5, 0.6) is 5.75 Å². The first-order valence-corrected chi connectivity index (χ1v) is 14.4. The number of amides is 1. The summed E-state index contributed by atoms with van der Waals surface area (Å²) in [6.07, 6.45) is 4.42. The van der Waals surface area contributed by atoms with Gasteiger partial charge in [0.1, 0.15) is 5.75 Å². The van der Waals surface area contributed by atoms with Crippen LogP contribution in [0.15, 0.2) is 47.6 Å². The molecule has 1 aromatic carbocycles. The number of aliphatic hydroxyl groups is 2. The van der Waals surface area contributed by atoms with E-state index in [1.54, 1.807) is 6.92 Å². The zero-order chi connectivity index (χ0) is 28.9. The maximum Gasteiger partial charge on any atom is 0.573 e. The predicted molar refractivity (Wildman–Crippen MR) is 143 cm³/mol. The van der Waals surface area contributed by atoms with E-state index in [1.807, 2.05) is 0 Å². The van der Waals surface area contributed by atoms with Gasteiger partial charge in [-0.05, 0) is 86.8 Å². The summed E-state index contributed by atoms with van der Waals surface area (Å²) in [4.78, 5) is 14.5. The van der Waals surface area contributed by atoms with E-state index >= 15 is 0 Å². The first-order chi connectivity index (χ1) is 18.8. The number of nitrogens with zero attached hydrogens (tertiary/aromatic N) is 1. The van der Waals surface area contributed by atoms with Crippen molar-refractivity contribution < 1.29 is 37.7 Å². The summed E-state index contributed by atoms with van der Waals surface area (Å²) < 4.78 is 47.0. The predicted octanol–water partition coefficient (Wildman–Crippen LogP) is 6.52. The minimum Gasteiger partial charge on any atom is -0.450 e. The van der Waals surface area contributed by atoms with Crippen molar-refractivity contribution in [3.05, 3.63) is 53.1 Å². The number of aliphatic hydroxyl groups excluding tert-OH is 1. The molecule has 3 saturated carbocycles. The molecule has 3 fully saturated rings. The van der Waals surface area contributed by atoms with Crippen molar-refractivity contribution in [1.29, 1.82) is 0 Å². The minimum atomic E-state index is -4.78. The molecule has 6 unspecified atom stereocenters. The van der Waals surface area contributed by atoms with Crippen LogP contribution in [0, 0.1) is 22.7 Å². The molecule has 6 atom stereocenters. The topological polar surface area (TPSA) is 79.2 Å². The van der Waals surface area contributed by atoms with Gasteiger partial charge >= 0.3 is 12.5 Å². The molecule has 0 aliphatic heterocycles. The van der Waals surface area contributed by atoms with Gasteiger partial charge in [-0.15, -0.1) is 13.2 Å². The monoisotopic (exact) mass is 563 g/mol. The van der Waals surface area contributed by atoms with Crippen LogP contribution in [0.1, 0.15) is 71.3 Å². The van der Waals surface area contributed by atoms with Crippen LogP contribution in [0.3, 0.4) is 0 Å². The number of ether oxygens (including phenoxy) is 2. The van der Waals surface area contributed by atoms with Gasteiger partial charge in [0.2, 0.25) is 0 Å². The lowest BCUT2D eigenvalue weighted by Gasteiger charge is -2.56. The van der Waals surface area contributed by atoms with Gasteiger partial charge in [0.15, 0.2) is 0 Å². The summed E-state index contributed by atoms with van der Waals surface area (Å²) in [5.74, 6) is 0.235. The lowest BCUT2D eigenvalue weighted by Crippen LogP contribution is -2.56. The maximum absolute atomic E-state index is 13.0. The van der Waals surface area contributed by atoms with Gasteiger partial charge in [0.25, 0.3) is 0 Å². The number of allylic oxidation sites excluding steroid dienone is 3. The molecule has 2 N–H and O–H groups in total. The number of carbonyl (C=O) groups is 1. The van der Waals surface area contributed by atoms with Crippen molar-refractivity contribution in [3.8, 4) is 5.75 Å². The summed E-state index contributed by atoms with van der Waals surface area (Å²) in [6.45, 7) is 6.52. The molecule has 1 amide bonds. The quantitative estimate of drug-likeness (QED) is 0.412. The van der Waals surface area contributed by atoms with Crippen LogP contribution >= 0.6 is 0 Å². The van der Waals surface area contributed by atoms with Gasteiger partial charge in [0, 0.05) is 12.0 Å². The Balaban J connectivity index is 1.37. The minimum absolute atomic E-state index is 0.0321. The zero-order valence-corrected chi connectivity index (χ0v) is 23.5. The Bertz CT molecular complexity index is 1180. The van der Waals surface area contributed by atoms with E-state index in [9.17, 15) is 28.2 Å². The second-order valence-corrected chi connectivity index (χ2v) is 12.6. The maximum atomic E-state index is 13.0. The van der Waals surface area contributed by atoms with Crippen LogP contribution < -0.4 is 4.74 Å². The standard InChI is InChI=1S/C31H40F3NO5/c1-4-39-27(37)35(18-20-5-8-23(9-6-20)40-31(32,33)34)19-30(38)16-13-26-24-10-7-21-17-22(36)11-14-28(21,2)25(24)12-15-29(26,30)3/h5-10,22,25-26,36,38H,4,11-19H2,1-3H3. The van der Waals surface area contributed by atoms with Gasteiger partial charge < -0.3 is 24.6 Å². The fourth-order valence-electron chi connectivity index (χ4n) is 8.09. The average molecular weight is 564 g/mol. The van der Waals surface area contributed by atoms with E-state index in [1.165, 1.54) is 40.3 Å². The number of hydrogen-bond donors (Lipinski definition) is 2. The van der Waals surface area contributed by atoms with Crippen molar-refractivity contribution in [2.45, 2.75) is 90.3 Å². The van der Waals surface area contributed by atoms with E-state index in [4.69, 9.17) is 4.74 Å². The number of halogens is 3. The van der Waals surface area contributed by atoms with E-state index in [-0.39, 0.29) is 42.9 Å². The van der Waals surface area contributed by atoms with E-state index in [0.29, 0.717) is 17.9 Å². The second kappa shape index (κ2) is 10.4. The first-order valence-electron chi connectivity index (χ1n) is 14.4. The van der Waals surface area contributed by atoms with Gasteiger partial charge in [-0.25, -0.2) is 4.79 Å². The van der Waals surface area contributed by atoms with Crippen molar-refractivity contribution >= 4 is 6.09 Å². The zero-order valence-electron chi connectivity index (χ0n) is 23.5. The Hall–Kier alpha value is -2.52. The van der Waals surface area contributed by atoms with Crippen molar-refractivity contribution in [3.63, 3.8) is 0 Å². The molecule has 0 aromatic heterocycles. The Morgan fingerprint density at radius 1 is 1.05 bits per heavy atom. The number of benzene rings is 1. The number of alkyl halides is 3. The highest BCUT2D eigenvalue weighted by molar-refractivity contribution is 5.68. The van der Waals surface area contributed by atoms with Crippen LogP contribution in [-0.2, 0) is 11.3 Å². The van der Waals surface area contributed by atoms with Gasteiger partial charge in [0.05, 0.1) is 24.9 Å². The van der Waals surface area contributed by atoms with E-state index in [2.05, 4.69) is 30.7 Å². The number of rotatable bonds is 6. The van der Waals surface area contributed by atoms with E-state index < -0.39 is 23.5 Å². The van der Waals surface area contributed by atoms with Gasteiger partial charge in [-0.3, -0.25) is 0 Å². The molecular formula is C31H40F3NO5. The molecule has 4 aliphatic carbocycles. The average Bonchev–Trinajstić information content (AvgIpc) is 3.15. The summed E-state index contributed by atoms with van der Waals surface area (Å²) >= 11 is 0. The molecular weight excluding hydrogens is 523 g/mol. The Kier molecular flexibility index (Phi) is 7.53. The Labute approximate surface area is 233 Å². The molecule has 0 heterocycles. The SMILES string of the molecule is CCOC(=O)N(Cc1ccc(OC(F)(F)F)cc1)CC1(O)CCC2C3=CC=C4CC(O)CCC4(C)C3CCC21C. The summed E-state index contributed by atoms with van der Waals surface area (Å²) in [7, 11) is 0. The summed E-state index contributed by atoms with van der Waals surface area (Å²) in [5, 5.41) is 22.5. The third-order valence-corrected chi connectivity index (χ3v) is 10.4. The molecule has 0 saturated heterocycles. The number of hydrogen-bond acceptors (Lipinski definition) is 5. The number of fused-ring (bicyclic) bond motifs is 5. The van der Waals surface area contributed by atoms with Gasteiger partial charge in [-0.2, -0.15) is 0 Å². The molecule has 40 heavy (non-hydrogen) atoms. The van der Waals surface area contributed by atoms with Crippen molar-refractivity contribution in [1.82, 2.24) is 4.90 Å². The van der Waals surface area contributed by atoms with Crippen molar-refractivity contribution in [2.75, 3.05) is 13.2 Å². The third-order valence-electron chi connectivity index (χ3n) is 10.4. The van der Waals surface area contributed by atoms with E-state index in [0.717, 1.165) is 38.5 Å². The lowest BCUT2D eigenvalue weighted by molar-refractivity contribution is -0.274. The molecule has 220 valence electrons. The van der Waals surface area contributed by atoms with Crippen LogP contribution in [0.2, 0.25) is 0 Å². The fourth-order valence-corrected chi connectivity index (χ4v) is 8.09. The van der Waals surface area contributed by atoms with Crippen molar-refractivity contribution in [2.24, 2.45) is 22.7 Å². The largest absolute Gasteiger partial charge is 0.573 e. The normalized spacial score (nSPS) is 35.0. The lowest BCUT2D eigenvalue weighted by atomic mass is 9.50. The highest BCUT2D eigenvalue weighted by Crippen LogP contribution is 2.66. The fraction of sp³-hybridized carbons (Fsp3) is 0.645. The Morgan fingerprint density at radius 3 is 2.42 bits per heavy atom. The molecule has 4 aliphatic rings. The number of carbonyl (C=O) groups excluding carboxylic acids is 1. The molecule has 0 bridgehead atoms. The highest BCUT2D eigenvalue weighted by Gasteiger charge is 2.62. The molecule has 5 rings (SSSR count). The second-order valence-electron chi connectivity index (χ2n) is 12.6. The van der Waals surface area contributed by atoms with Crippen LogP contribution in [0.25, 0.3) is 0 Å². The summed E-state index contributed by atoms with van der Waals surface area (Å²) in [5.41, 5.74) is 1.76. The van der Waals surface area contributed by atoms with Crippen LogP contribution in [-0.4, -0.2) is 52.4 Å². The molecule has 0 radical (unpaired) electrons. The Morgan fingerprint density at radius 2 is 1.75 bits per heavy atom. The molecule has 6 nitrogen and oxygen atoms in total.